The Bertz CT molecular complexity index is 1290. The van der Waals surface area contributed by atoms with Crippen LogP contribution in [0.25, 0.3) is 11.3 Å². The molecule has 0 spiro atoms. The fraction of sp³-hybridized carbons (Fsp3) is 0.385. The molecule has 3 N–H and O–H groups in total. The maximum atomic E-state index is 13.3. The van der Waals surface area contributed by atoms with Crippen LogP contribution in [0.5, 0.6) is 11.5 Å². The molecule has 1 aliphatic carbocycles. The van der Waals surface area contributed by atoms with Gasteiger partial charge in [-0.3, -0.25) is 9.78 Å². The lowest BCUT2D eigenvalue weighted by molar-refractivity contribution is -0.101. The molecule has 2 fully saturated rings. The third-order valence-corrected chi connectivity index (χ3v) is 7.31. The number of anilines is 2. The number of aromatic nitrogens is 2. The van der Waals surface area contributed by atoms with Crippen LogP contribution in [0.4, 0.5) is 11.4 Å². The van der Waals surface area contributed by atoms with Crippen LogP contribution in [0.3, 0.4) is 0 Å². The highest BCUT2D eigenvalue weighted by molar-refractivity contribution is 6.32. The number of pyridine rings is 1. The van der Waals surface area contributed by atoms with E-state index >= 15 is 0 Å². The highest BCUT2D eigenvalue weighted by atomic mass is 35.5. The molecule has 188 valence electrons. The highest BCUT2D eigenvalue weighted by Crippen LogP contribution is 2.49. The molecule has 3 atom stereocenters. The zero-order valence-electron chi connectivity index (χ0n) is 19.8. The lowest BCUT2D eigenvalue weighted by Crippen LogP contribution is -2.49. The summed E-state index contributed by atoms with van der Waals surface area (Å²) in [4.78, 5) is 21.1. The van der Waals surface area contributed by atoms with Gasteiger partial charge in [-0.05, 0) is 31.0 Å². The smallest absolute Gasteiger partial charge is 0.255 e. The van der Waals surface area contributed by atoms with Crippen molar-refractivity contribution in [3.05, 3.63) is 52.9 Å². The summed E-state index contributed by atoms with van der Waals surface area (Å²) < 4.78 is 22.9. The summed E-state index contributed by atoms with van der Waals surface area (Å²) in [5, 5.41) is 7.07. The summed E-state index contributed by atoms with van der Waals surface area (Å²) in [6.45, 7) is 1.95. The van der Waals surface area contributed by atoms with Crippen molar-refractivity contribution < 1.29 is 23.7 Å². The number of halogens is 1. The number of ether oxygens (including phenoxy) is 4. The zero-order valence-corrected chi connectivity index (χ0v) is 20.6. The van der Waals surface area contributed by atoms with E-state index in [1.165, 1.54) is 0 Å². The molecule has 6 rings (SSSR count). The van der Waals surface area contributed by atoms with Crippen LogP contribution < -0.4 is 20.1 Å². The second kappa shape index (κ2) is 9.65. The highest BCUT2D eigenvalue weighted by Gasteiger charge is 2.43. The summed E-state index contributed by atoms with van der Waals surface area (Å²) in [7, 11) is 1.57. The van der Waals surface area contributed by atoms with Crippen LogP contribution in [-0.2, 0) is 9.47 Å². The summed E-state index contributed by atoms with van der Waals surface area (Å²) in [5.41, 5.74) is 4.34. The molecule has 3 unspecified atom stereocenters. The van der Waals surface area contributed by atoms with Gasteiger partial charge >= 0.3 is 0 Å². The average Bonchev–Trinajstić information content (AvgIpc) is 3.24. The minimum Gasteiger partial charge on any atom is -0.493 e. The maximum absolute atomic E-state index is 13.3. The van der Waals surface area contributed by atoms with E-state index < -0.39 is 0 Å². The summed E-state index contributed by atoms with van der Waals surface area (Å²) in [5.74, 6) is 1.21. The SMILES string of the molecule is COc1c(Cl)cccc1Nc1c(-c2ccncc2OCC2COCCO2)[nH]c2c1C(=O)NC1CCC21. The standard InChI is InChI=1S/C26H27ClN4O5/c1-33-25-17(27)3-2-4-19(25)29-24-21-22(15-5-6-18(15)30-26(21)32)31-23(24)16-7-8-28-11-20(16)36-13-14-12-34-9-10-35-14/h2-4,7-8,11,14-15,18,29,31H,5-6,9-10,12-13H2,1H3,(H,30,32). The van der Waals surface area contributed by atoms with Crippen LogP contribution in [0, 0.1) is 0 Å². The van der Waals surface area contributed by atoms with Crippen molar-refractivity contribution in [2.24, 2.45) is 0 Å². The van der Waals surface area contributed by atoms with Gasteiger partial charge in [-0.15, -0.1) is 0 Å². The van der Waals surface area contributed by atoms with Gasteiger partial charge in [-0.1, -0.05) is 17.7 Å². The number of hydrogen-bond donors (Lipinski definition) is 3. The number of H-pyrrole nitrogens is 1. The Balaban J connectivity index is 1.43. The first-order valence-electron chi connectivity index (χ1n) is 12.1. The number of nitrogens with zero attached hydrogens (tertiary/aromatic N) is 1. The molecule has 4 heterocycles. The normalized spacial score (nSPS) is 22.6. The van der Waals surface area contributed by atoms with E-state index in [0.717, 1.165) is 29.8 Å². The van der Waals surface area contributed by atoms with Gasteiger partial charge in [0.05, 0.1) is 60.8 Å². The maximum Gasteiger partial charge on any atom is 0.255 e. The van der Waals surface area contributed by atoms with Crippen LogP contribution in [0.1, 0.15) is 34.8 Å². The first kappa shape index (κ1) is 23.1. The number of para-hydroxylation sites is 1. The average molecular weight is 511 g/mol. The molecular weight excluding hydrogens is 484 g/mol. The quantitative estimate of drug-likeness (QED) is 0.436. The molecule has 1 aromatic carbocycles. The first-order valence-corrected chi connectivity index (χ1v) is 12.4. The lowest BCUT2D eigenvalue weighted by Gasteiger charge is -2.40. The predicted octanol–water partition coefficient (Wildman–Crippen LogP) is 4.27. The number of carbonyl (C=O) groups excluding carboxylic acids is 1. The second-order valence-electron chi connectivity index (χ2n) is 9.12. The topological polar surface area (TPSA) is 107 Å². The minimum atomic E-state index is -0.154. The van der Waals surface area contributed by atoms with Crippen molar-refractivity contribution in [1.29, 1.82) is 0 Å². The Morgan fingerprint density at radius 1 is 1.25 bits per heavy atom. The van der Waals surface area contributed by atoms with Gasteiger partial charge in [0.25, 0.3) is 5.91 Å². The van der Waals surface area contributed by atoms with E-state index in [1.54, 1.807) is 25.6 Å². The monoisotopic (exact) mass is 510 g/mol. The molecule has 1 saturated heterocycles. The molecule has 9 nitrogen and oxygen atoms in total. The zero-order chi connectivity index (χ0) is 24.6. The molecule has 3 aliphatic rings. The van der Waals surface area contributed by atoms with E-state index in [1.807, 2.05) is 18.2 Å². The van der Waals surface area contributed by atoms with Crippen LogP contribution in [0.15, 0.2) is 36.7 Å². The van der Waals surface area contributed by atoms with Gasteiger partial charge in [0.2, 0.25) is 0 Å². The van der Waals surface area contributed by atoms with E-state index in [0.29, 0.717) is 59.9 Å². The van der Waals surface area contributed by atoms with Crippen molar-refractivity contribution in [3.8, 4) is 22.8 Å². The van der Waals surface area contributed by atoms with Crippen LogP contribution in [0.2, 0.25) is 5.02 Å². The van der Waals surface area contributed by atoms with Gasteiger partial charge in [-0.2, -0.15) is 0 Å². The molecule has 36 heavy (non-hydrogen) atoms. The number of nitrogens with one attached hydrogen (secondary N) is 3. The Labute approximate surface area is 213 Å². The molecular formula is C26H27ClN4O5. The Hall–Kier alpha value is -3.27. The molecule has 1 amide bonds. The number of hydrogen-bond acceptors (Lipinski definition) is 7. The van der Waals surface area contributed by atoms with Gasteiger partial charge < -0.3 is 34.6 Å². The van der Waals surface area contributed by atoms with E-state index in [-0.39, 0.29) is 24.0 Å². The van der Waals surface area contributed by atoms with E-state index in [2.05, 4.69) is 20.6 Å². The number of rotatable bonds is 7. The molecule has 2 aromatic heterocycles. The summed E-state index contributed by atoms with van der Waals surface area (Å²) >= 11 is 6.39. The summed E-state index contributed by atoms with van der Waals surface area (Å²) in [6, 6.07) is 7.49. The van der Waals surface area contributed by atoms with Crippen LogP contribution >= 0.6 is 11.6 Å². The van der Waals surface area contributed by atoms with Gasteiger partial charge in [-0.25, -0.2) is 0 Å². The Kier molecular flexibility index (Phi) is 6.20. The number of amides is 1. The Morgan fingerprint density at radius 2 is 2.17 bits per heavy atom. The molecule has 10 heteroatoms. The molecule has 2 aliphatic heterocycles. The number of methoxy groups -OCH3 is 1. The first-order chi connectivity index (χ1) is 17.6. The van der Waals surface area contributed by atoms with Crippen molar-refractivity contribution >= 4 is 28.9 Å². The fourth-order valence-electron chi connectivity index (χ4n) is 5.09. The molecule has 1 saturated carbocycles. The predicted molar refractivity (Wildman–Crippen MR) is 135 cm³/mol. The lowest BCUT2D eigenvalue weighted by atomic mass is 9.74. The fourth-order valence-corrected chi connectivity index (χ4v) is 5.34. The van der Waals surface area contributed by atoms with Gasteiger partial charge in [0.15, 0.2) is 5.75 Å². The van der Waals surface area contributed by atoms with Crippen LogP contribution in [-0.4, -0.2) is 61.6 Å². The number of fused-ring (bicyclic) bond motifs is 3. The molecule has 0 radical (unpaired) electrons. The molecule has 3 aromatic rings. The van der Waals surface area contributed by atoms with Gasteiger partial charge in [0, 0.05) is 29.4 Å². The third kappa shape index (κ3) is 4.07. The van der Waals surface area contributed by atoms with Crippen molar-refractivity contribution in [3.63, 3.8) is 0 Å². The third-order valence-electron chi connectivity index (χ3n) is 7.01. The number of aromatic amines is 1. The number of benzene rings is 1. The van der Waals surface area contributed by atoms with Crippen molar-refractivity contribution in [1.82, 2.24) is 15.3 Å². The van der Waals surface area contributed by atoms with E-state index in [4.69, 9.17) is 30.5 Å². The minimum absolute atomic E-state index is 0.110. The Morgan fingerprint density at radius 3 is 2.94 bits per heavy atom. The largest absolute Gasteiger partial charge is 0.493 e. The van der Waals surface area contributed by atoms with Crippen molar-refractivity contribution in [2.45, 2.75) is 30.9 Å². The summed E-state index contributed by atoms with van der Waals surface area (Å²) in [6.07, 6.45) is 5.21. The van der Waals surface area contributed by atoms with E-state index in [9.17, 15) is 4.79 Å². The number of carbonyl (C=O) groups is 1. The molecule has 0 bridgehead atoms. The second-order valence-corrected chi connectivity index (χ2v) is 9.53. The van der Waals surface area contributed by atoms with Crippen molar-refractivity contribution in [2.75, 3.05) is 38.9 Å². The van der Waals surface area contributed by atoms with Gasteiger partial charge in [0.1, 0.15) is 18.5 Å².